The molecular formula is C6H11NY7-4. The van der Waals surface area contributed by atoms with Gasteiger partial charge in [-0.15, -0.1) is 6.54 Å². The zero-order valence-corrected chi connectivity index (χ0v) is 28.4. The first-order valence-electron chi connectivity index (χ1n) is 2.12. The SMILES string of the molecule is [CH2-]NCC([CH2-])([CH2-])[CH2-].[Y].[Y].[Y].[Y].[Y].[Y].[Y]. The summed E-state index contributed by atoms with van der Waals surface area (Å²) in [7, 11) is 3.40. The molecule has 0 amide bonds. The van der Waals surface area contributed by atoms with Crippen LogP contribution in [-0.2, 0) is 229 Å². The van der Waals surface area contributed by atoms with Crippen LogP contribution in [0.15, 0.2) is 0 Å². The first-order valence-corrected chi connectivity index (χ1v) is 2.12. The second-order valence-corrected chi connectivity index (χ2v) is 1.93. The maximum Gasteiger partial charge on any atom is 0 e. The minimum atomic E-state index is -0.373. The molecule has 65 valence electrons. The van der Waals surface area contributed by atoms with E-state index in [9.17, 15) is 0 Å². The fourth-order valence-electron chi connectivity index (χ4n) is 0.265. The zero-order valence-electron chi connectivity index (χ0n) is 8.58. The van der Waals surface area contributed by atoms with Crippen molar-refractivity contribution in [3.63, 3.8) is 0 Å². The van der Waals surface area contributed by atoms with Gasteiger partial charge in [0, 0.05) is 229 Å². The van der Waals surface area contributed by atoms with Crippen LogP contribution in [0.25, 0.3) is 0 Å². The second kappa shape index (κ2) is 32.6. The summed E-state index contributed by atoms with van der Waals surface area (Å²) in [6.07, 6.45) is 0. The number of rotatable bonds is 2. The Morgan fingerprint density at radius 2 is 0.929 bits per heavy atom. The van der Waals surface area contributed by atoms with E-state index in [1.807, 2.05) is 0 Å². The number of hydrogen-bond donors (Lipinski definition) is 1. The minimum Gasteiger partial charge on any atom is -0.478 e. The summed E-state index contributed by atoms with van der Waals surface area (Å²) >= 11 is 0. The van der Waals surface area contributed by atoms with Crippen molar-refractivity contribution < 1.29 is 229 Å². The summed E-state index contributed by atoms with van der Waals surface area (Å²) in [5.41, 5.74) is -0.373. The molecule has 14 heavy (non-hydrogen) atoms. The third kappa shape index (κ3) is 50.3. The van der Waals surface area contributed by atoms with Crippen molar-refractivity contribution in [1.82, 2.24) is 5.32 Å². The Labute approximate surface area is 266 Å². The van der Waals surface area contributed by atoms with Crippen molar-refractivity contribution in [3.8, 4) is 0 Å². The van der Waals surface area contributed by atoms with Gasteiger partial charge in [-0.25, -0.2) is 0 Å². The molecule has 0 atom stereocenters. The van der Waals surface area contributed by atoms with Crippen LogP contribution >= 0.6 is 0 Å². The molecule has 0 saturated heterocycles. The van der Waals surface area contributed by atoms with Gasteiger partial charge in [0.05, 0.1) is 0 Å². The molecule has 0 aliphatic rings. The molecular weight excluding hydrogens is 708 g/mol. The Morgan fingerprint density at radius 1 is 0.714 bits per heavy atom. The van der Waals surface area contributed by atoms with Crippen molar-refractivity contribution in [3.05, 3.63) is 27.8 Å². The maximum absolute atomic E-state index is 3.64. The molecule has 1 N–H and O–H groups in total. The molecule has 0 heterocycles. The van der Waals surface area contributed by atoms with Crippen molar-refractivity contribution >= 4 is 0 Å². The summed E-state index contributed by atoms with van der Waals surface area (Å²) in [4.78, 5) is 0. The standard InChI is InChI=1S/C6H11N.7Y/c1-6(2,3)5-7-4;;;;;;;/h7H,1-5H2;;;;;;;/q-4;;;;;;;. The summed E-state index contributed by atoms with van der Waals surface area (Å²) in [5.74, 6) is 0. The average Bonchev–Trinajstić information content (AvgIpc) is 1.30. The molecule has 0 aliphatic heterocycles. The predicted molar refractivity (Wildman–Crippen MR) is 31.9 cm³/mol. The van der Waals surface area contributed by atoms with Crippen LogP contribution in [-0.4, -0.2) is 6.54 Å². The Morgan fingerprint density at radius 3 is 0.929 bits per heavy atom. The molecule has 8 heteroatoms. The van der Waals surface area contributed by atoms with Crippen LogP contribution in [0.5, 0.6) is 0 Å². The summed E-state index contributed by atoms with van der Waals surface area (Å²) in [6, 6.07) is 0. The Kier molecular flexibility index (Phi) is 115. The van der Waals surface area contributed by atoms with Gasteiger partial charge in [-0.05, 0) is 0 Å². The van der Waals surface area contributed by atoms with E-state index in [4.69, 9.17) is 0 Å². The van der Waals surface area contributed by atoms with Crippen LogP contribution in [0.4, 0.5) is 0 Å². The van der Waals surface area contributed by atoms with Gasteiger partial charge in [0.25, 0.3) is 0 Å². The molecule has 0 saturated carbocycles. The summed E-state index contributed by atoms with van der Waals surface area (Å²) in [6.45, 7) is 11.6. The molecule has 0 spiro atoms. The third-order valence-electron chi connectivity index (χ3n) is 0.500. The van der Waals surface area contributed by atoms with Gasteiger partial charge in [-0.2, -0.15) is 0 Å². The van der Waals surface area contributed by atoms with Gasteiger partial charge in [0.2, 0.25) is 0 Å². The molecule has 0 rings (SSSR count). The Balaban J connectivity index is -0.00000000857. The van der Waals surface area contributed by atoms with Crippen LogP contribution in [0.2, 0.25) is 0 Å². The van der Waals surface area contributed by atoms with Gasteiger partial charge < -0.3 is 31.5 Å². The normalized spacial score (nSPS) is 6.00. The third-order valence-corrected chi connectivity index (χ3v) is 0.500. The van der Waals surface area contributed by atoms with Gasteiger partial charge in [0.1, 0.15) is 0 Å². The van der Waals surface area contributed by atoms with E-state index in [1.165, 1.54) is 0 Å². The van der Waals surface area contributed by atoms with E-state index >= 15 is 0 Å². The summed E-state index contributed by atoms with van der Waals surface area (Å²) in [5, 5.41) is 2.67. The molecule has 0 unspecified atom stereocenters. The molecule has 0 aromatic heterocycles. The van der Waals surface area contributed by atoms with E-state index in [2.05, 4.69) is 33.1 Å². The first kappa shape index (κ1) is 49.5. The topological polar surface area (TPSA) is 12.0 Å². The van der Waals surface area contributed by atoms with E-state index < -0.39 is 0 Å². The monoisotopic (exact) mass is 719 g/mol. The minimum absolute atomic E-state index is 0. The number of hydrogen-bond acceptors (Lipinski definition) is 1. The summed E-state index contributed by atoms with van der Waals surface area (Å²) < 4.78 is 0. The largest absolute Gasteiger partial charge is 0.478 e. The molecule has 0 fully saturated rings. The van der Waals surface area contributed by atoms with E-state index in [0.29, 0.717) is 6.54 Å². The van der Waals surface area contributed by atoms with Crippen LogP contribution in [0.1, 0.15) is 0 Å². The van der Waals surface area contributed by atoms with Gasteiger partial charge >= 0.3 is 0 Å². The van der Waals surface area contributed by atoms with Crippen molar-refractivity contribution in [2.75, 3.05) is 6.54 Å². The van der Waals surface area contributed by atoms with Gasteiger partial charge in [-0.1, -0.05) is 0 Å². The van der Waals surface area contributed by atoms with Gasteiger partial charge in [-0.3, -0.25) is 7.05 Å². The van der Waals surface area contributed by atoms with Crippen molar-refractivity contribution in [1.29, 1.82) is 0 Å². The predicted octanol–water partition coefficient (Wildman–Crippen LogP) is 0.839. The van der Waals surface area contributed by atoms with E-state index in [-0.39, 0.29) is 234 Å². The first-order chi connectivity index (χ1) is 3.06. The molecule has 0 aliphatic carbocycles. The molecule has 0 bridgehead atoms. The van der Waals surface area contributed by atoms with Crippen molar-refractivity contribution in [2.24, 2.45) is 5.41 Å². The van der Waals surface area contributed by atoms with Crippen molar-refractivity contribution in [2.45, 2.75) is 0 Å². The Bertz CT molecular complexity index is 56.6. The van der Waals surface area contributed by atoms with Crippen LogP contribution < -0.4 is 5.32 Å². The van der Waals surface area contributed by atoms with E-state index in [1.54, 1.807) is 0 Å². The molecule has 7 radical (unpaired) electrons. The average molecular weight is 720 g/mol. The van der Waals surface area contributed by atoms with Crippen LogP contribution in [0.3, 0.4) is 0 Å². The smallest absolute Gasteiger partial charge is 0 e. The van der Waals surface area contributed by atoms with Gasteiger partial charge in [0.15, 0.2) is 0 Å². The second-order valence-electron chi connectivity index (χ2n) is 1.93. The zero-order chi connectivity index (χ0) is 5.91. The quantitative estimate of drug-likeness (QED) is 0.418. The maximum atomic E-state index is 3.64. The fraction of sp³-hybridized carbons (Fsp3) is 0.333. The molecule has 0 aromatic rings. The van der Waals surface area contributed by atoms with E-state index in [0.717, 1.165) is 0 Å². The Hall–Kier alpha value is 7.69. The fourth-order valence-corrected chi connectivity index (χ4v) is 0.265. The molecule has 1 nitrogen and oxygen atoms in total. The van der Waals surface area contributed by atoms with Crippen LogP contribution in [0, 0.1) is 33.2 Å². The molecule has 0 aromatic carbocycles. The number of nitrogens with one attached hydrogen (secondary N) is 1.